The van der Waals surface area contributed by atoms with E-state index in [1.54, 1.807) is 6.07 Å². The zero-order chi connectivity index (χ0) is 14.3. The number of carbonyl (C=O) groups is 1. The van der Waals surface area contributed by atoms with Crippen molar-refractivity contribution in [2.45, 2.75) is 25.7 Å². The summed E-state index contributed by atoms with van der Waals surface area (Å²) in [5.74, 6) is 1.22. The van der Waals surface area contributed by atoms with Gasteiger partial charge in [0.2, 0.25) is 5.91 Å². The fourth-order valence-electron chi connectivity index (χ4n) is 3.53. The molecule has 1 amide bonds. The Bertz CT molecular complexity index is 576. The van der Waals surface area contributed by atoms with Crippen molar-refractivity contribution in [1.29, 1.82) is 0 Å². The number of benzene rings is 1. The van der Waals surface area contributed by atoms with Gasteiger partial charge in [0.25, 0.3) is 5.69 Å². The van der Waals surface area contributed by atoms with Crippen molar-refractivity contribution in [3.63, 3.8) is 0 Å². The number of carbonyl (C=O) groups excluding carboxylic acids is 1. The number of halogens is 1. The lowest BCUT2D eigenvalue weighted by Gasteiger charge is -2.20. The van der Waals surface area contributed by atoms with Gasteiger partial charge in [0, 0.05) is 17.7 Å². The zero-order valence-electron chi connectivity index (χ0n) is 10.8. The normalized spacial score (nSPS) is 27.6. The highest BCUT2D eigenvalue weighted by Crippen LogP contribution is 2.48. The monoisotopic (exact) mass is 294 g/mol. The van der Waals surface area contributed by atoms with E-state index in [9.17, 15) is 14.9 Å². The molecule has 3 atom stereocenters. The minimum Gasteiger partial charge on any atom is -0.326 e. The van der Waals surface area contributed by atoms with Gasteiger partial charge in [-0.05, 0) is 43.2 Å². The second kappa shape index (κ2) is 5.05. The molecule has 2 bridgehead atoms. The Hall–Kier alpha value is -1.62. The third-order valence-electron chi connectivity index (χ3n) is 4.49. The maximum absolute atomic E-state index is 12.3. The summed E-state index contributed by atoms with van der Waals surface area (Å²) in [5.41, 5.74) is 0.256. The number of rotatable bonds is 3. The van der Waals surface area contributed by atoms with Crippen molar-refractivity contribution < 1.29 is 9.72 Å². The fourth-order valence-corrected chi connectivity index (χ4v) is 3.72. The van der Waals surface area contributed by atoms with Crippen LogP contribution in [-0.2, 0) is 4.79 Å². The van der Waals surface area contributed by atoms with Crippen molar-refractivity contribution in [3.8, 4) is 0 Å². The highest BCUT2D eigenvalue weighted by molar-refractivity contribution is 6.32. The molecule has 1 aromatic rings. The maximum Gasteiger partial charge on any atom is 0.289 e. The molecule has 106 valence electrons. The standard InChI is InChI=1S/C14H15ClN2O3/c15-12-4-3-10(7-13(12)17(19)20)16-14(18)11-6-8-1-2-9(11)5-8/h3-4,7-9,11H,1-2,5-6H2,(H,16,18)/t8-,9+,11+/m0/s1. The molecular weight excluding hydrogens is 280 g/mol. The van der Waals surface area contributed by atoms with Crippen LogP contribution in [0.4, 0.5) is 11.4 Å². The fraction of sp³-hybridized carbons (Fsp3) is 0.500. The van der Waals surface area contributed by atoms with Gasteiger partial charge in [-0.25, -0.2) is 0 Å². The van der Waals surface area contributed by atoms with Crippen LogP contribution >= 0.6 is 11.6 Å². The number of hydrogen-bond donors (Lipinski definition) is 1. The first-order valence-electron chi connectivity index (χ1n) is 6.79. The molecule has 0 radical (unpaired) electrons. The van der Waals surface area contributed by atoms with E-state index in [-0.39, 0.29) is 22.5 Å². The molecule has 1 N–H and O–H groups in total. The van der Waals surface area contributed by atoms with E-state index < -0.39 is 4.92 Å². The van der Waals surface area contributed by atoms with E-state index in [0.717, 1.165) is 19.3 Å². The first-order chi connectivity index (χ1) is 9.54. The molecule has 2 aliphatic carbocycles. The molecule has 0 heterocycles. The summed E-state index contributed by atoms with van der Waals surface area (Å²) in [4.78, 5) is 22.5. The van der Waals surface area contributed by atoms with Crippen LogP contribution in [0.15, 0.2) is 18.2 Å². The van der Waals surface area contributed by atoms with Crippen LogP contribution < -0.4 is 5.32 Å². The van der Waals surface area contributed by atoms with Crippen molar-refractivity contribution in [3.05, 3.63) is 33.3 Å². The van der Waals surface area contributed by atoms with Crippen LogP contribution in [0.2, 0.25) is 5.02 Å². The Balaban J connectivity index is 1.73. The Morgan fingerprint density at radius 2 is 2.15 bits per heavy atom. The summed E-state index contributed by atoms with van der Waals surface area (Å²) in [6, 6.07) is 4.35. The van der Waals surface area contributed by atoms with Gasteiger partial charge in [-0.1, -0.05) is 18.0 Å². The van der Waals surface area contributed by atoms with E-state index in [4.69, 9.17) is 11.6 Å². The van der Waals surface area contributed by atoms with Crippen LogP contribution in [0.3, 0.4) is 0 Å². The van der Waals surface area contributed by atoms with Crippen molar-refractivity contribution >= 4 is 28.9 Å². The number of fused-ring (bicyclic) bond motifs is 2. The maximum atomic E-state index is 12.3. The second-order valence-electron chi connectivity index (χ2n) is 5.69. The lowest BCUT2D eigenvalue weighted by atomic mass is 9.88. The molecule has 0 unspecified atom stereocenters. The van der Waals surface area contributed by atoms with Gasteiger partial charge >= 0.3 is 0 Å². The molecule has 20 heavy (non-hydrogen) atoms. The molecular formula is C14H15ClN2O3. The van der Waals surface area contributed by atoms with Crippen LogP contribution in [0, 0.1) is 27.9 Å². The molecule has 0 aromatic heterocycles. The van der Waals surface area contributed by atoms with Gasteiger partial charge in [0.05, 0.1) is 4.92 Å². The van der Waals surface area contributed by atoms with E-state index in [2.05, 4.69) is 5.32 Å². The molecule has 2 fully saturated rings. The third-order valence-corrected chi connectivity index (χ3v) is 4.80. The molecule has 1 aromatic carbocycles. The number of nitro benzene ring substituents is 1. The Morgan fingerprint density at radius 1 is 1.35 bits per heavy atom. The number of hydrogen-bond acceptors (Lipinski definition) is 3. The number of nitrogens with one attached hydrogen (secondary N) is 1. The van der Waals surface area contributed by atoms with Gasteiger partial charge in [-0.3, -0.25) is 14.9 Å². The highest BCUT2D eigenvalue weighted by atomic mass is 35.5. The number of nitrogens with zero attached hydrogens (tertiary/aromatic N) is 1. The van der Waals surface area contributed by atoms with Gasteiger partial charge in [0.15, 0.2) is 0 Å². The minimum atomic E-state index is -0.546. The topological polar surface area (TPSA) is 72.2 Å². The summed E-state index contributed by atoms with van der Waals surface area (Å²) >= 11 is 5.75. The Morgan fingerprint density at radius 3 is 2.75 bits per heavy atom. The van der Waals surface area contributed by atoms with Crippen LogP contribution in [-0.4, -0.2) is 10.8 Å². The average molecular weight is 295 g/mol. The summed E-state index contributed by atoms with van der Waals surface area (Å²) in [7, 11) is 0. The van der Waals surface area contributed by atoms with Gasteiger partial charge in [-0.2, -0.15) is 0 Å². The van der Waals surface area contributed by atoms with Crippen LogP contribution in [0.5, 0.6) is 0 Å². The van der Waals surface area contributed by atoms with Crippen LogP contribution in [0.25, 0.3) is 0 Å². The van der Waals surface area contributed by atoms with Gasteiger partial charge < -0.3 is 5.32 Å². The molecule has 6 heteroatoms. The first kappa shape index (κ1) is 13.4. The number of amides is 1. The van der Waals surface area contributed by atoms with Gasteiger partial charge in [0.1, 0.15) is 5.02 Å². The summed E-state index contributed by atoms with van der Waals surface area (Å²) in [6.07, 6.45) is 4.47. The van der Waals surface area contributed by atoms with E-state index in [1.807, 2.05) is 0 Å². The van der Waals surface area contributed by atoms with Crippen LogP contribution in [0.1, 0.15) is 25.7 Å². The smallest absolute Gasteiger partial charge is 0.289 e. The lowest BCUT2D eigenvalue weighted by Crippen LogP contribution is -2.27. The molecule has 0 saturated heterocycles. The third kappa shape index (κ3) is 2.38. The van der Waals surface area contributed by atoms with Crippen molar-refractivity contribution in [2.75, 3.05) is 5.32 Å². The molecule has 2 saturated carbocycles. The Kier molecular flexibility index (Phi) is 3.38. The van der Waals surface area contributed by atoms with E-state index in [1.165, 1.54) is 18.6 Å². The minimum absolute atomic E-state index is 0.0196. The van der Waals surface area contributed by atoms with Crippen molar-refractivity contribution in [1.82, 2.24) is 0 Å². The molecule has 0 spiro atoms. The SMILES string of the molecule is O=C(Nc1ccc(Cl)c([N+](=O)[O-])c1)[C@@H]1C[C@H]2CC[C@@H]1C2. The zero-order valence-corrected chi connectivity index (χ0v) is 11.6. The molecule has 5 nitrogen and oxygen atoms in total. The van der Waals surface area contributed by atoms with E-state index >= 15 is 0 Å². The van der Waals surface area contributed by atoms with Gasteiger partial charge in [-0.15, -0.1) is 0 Å². The Labute approximate surface area is 121 Å². The molecule has 0 aliphatic heterocycles. The summed E-state index contributed by atoms with van der Waals surface area (Å²) < 4.78 is 0. The molecule has 3 rings (SSSR count). The summed E-state index contributed by atoms with van der Waals surface area (Å²) in [5, 5.41) is 13.7. The highest BCUT2D eigenvalue weighted by Gasteiger charge is 2.43. The average Bonchev–Trinajstić information content (AvgIpc) is 3.03. The number of anilines is 1. The predicted molar refractivity (Wildman–Crippen MR) is 75.7 cm³/mol. The largest absolute Gasteiger partial charge is 0.326 e. The number of nitro groups is 1. The lowest BCUT2D eigenvalue weighted by molar-refractivity contribution is -0.384. The summed E-state index contributed by atoms with van der Waals surface area (Å²) in [6.45, 7) is 0. The molecule has 2 aliphatic rings. The van der Waals surface area contributed by atoms with E-state index in [0.29, 0.717) is 17.5 Å². The quantitative estimate of drug-likeness (QED) is 0.683. The first-order valence-corrected chi connectivity index (χ1v) is 7.17. The second-order valence-corrected chi connectivity index (χ2v) is 6.10. The van der Waals surface area contributed by atoms with Crippen molar-refractivity contribution in [2.24, 2.45) is 17.8 Å². The predicted octanol–water partition coefficient (Wildman–Crippen LogP) is 3.62.